The van der Waals surface area contributed by atoms with Crippen molar-refractivity contribution < 1.29 is 14.3 Å². The van der Waals surface area contributed by atoms with Gasteiger partial charge in [-0.1, -0.05) is 29.5 Å². The summed E-state index contributed by atoms with van der Waals surface area (Å²) < 4.78 is 12.2. The number of alkyl halides is 1. The van der Waals surface area contributed by atoms with Crippen molar-refractivity contribution in [3.63, 3.8) is 0 Å². The lowest BCUT2D eigenvalue weighted by Crippen LogP contribution is -2.16. The van der Waals surface area contributed by atoms with Gasteiger partial charge in [0, 0.05) is 10.1 Å². The molecular formula is C16H24INO3. The van der Waals surface area contributed by atoms with Gasteiger partial charge in [-0.05, 0) is 44.0 Å². The number of amides is 1. The lowest BCUT2D eigenvalue weighted by molar-refractivity contribution is -0.117. The molecule has 0 heterocycles. The Balaban J connectivity index is 2.29. The van der Waals surface area contributed by atoms with Gasteiger partial charge >= 0.3 is 0 Å². The van der Waals surface area contributed by atoms with Crippen molar-refractivity contribution in [3.05, 3.63) is 24.3 Å². The van der Waals surface area contributed by atoms with E-state index in [4.69, 9.17) is 9.47 Å². The Labute approximate surface area is 140 Å². The van der Waals surface area contributed by atoms with Crippen LogP contribution in [0.1, 0.15) is 33.1 Å². The Bertz CT molecular complexity index is 408. The largest absolute Gasteiger partial charge is 0.494 e. The number of hydrogen-bond acceptors (Lipinski definition) is 3. The van der Waals surface area contributed by atoms with Gasteiger partial charge in [0.05, 0.1) is 25.7 Å². The van der Waals surface area contributed by atoms with E-state index in [9.17, 15) is 4.79 Å². The Morgan fingerprint density at radius 3 is 2.62 bits per heavy atom. The van der Waals surface area contributed by atoms with Crippen molar-refractivity contribution in [2.24, 2.45) is 0 Å². The van der Waals surface area contributed by atoms with E-state index in [2.05, 4.69) is 34.8 Å². The molecule has 0 aromatic heterocycles. The van der Waals surface area contributed by atoms with Crippen molar-refractivity contribution in [3.8, 4) is 5.75 Å². The molecule has 118 valence electrons. The van der Waals surface area contributed by atoms with Crippen LogP contribution in [0.15, 0.2) is 24.3 Å². The van der Waals surface area contributed by atoms with E-state index in [0.717, 1.165) is 35.3 Å². The Kier molecular flexibility index (Phi) is 9.41. The summed E-state index contributed by atoms with van der Waals surface area (Å²) in [4.78, 5) is 11.8. The van der Waals surface area contributed by atoms with E-state index < -0.39 is 0 Å². The molecule has 1 N–H and O–H groups in total. The molecule has 0 aliphatic carbocycles. The van der Waals surface area contributed by atoms with E-state index in [1.165, 1.54) is 0 Å². The Hall–Kier alpha value is -0.820. The smallest absolute Gasteiger partial charge is 0.226 e. The number of benzene rings is 1. The zero-order chi connectivity index (χ0) is 15.5. The van der Waals surface area contributed by atoms with E-state index in [1.54, 1.807) is 0 Å². The fourth-order valence-corrected chi connectivity index (χ4v) is 1.88. The van der Waals surface area contributed by atoms with Gasteiger partial charge in [0.15, 0.2) is 0 Å². The fraction of sp³-hybridized carbons (Fsp3) is 0.562. The first-order chi connectivity index (χ1) is 10.2. The molecule has 0 saturated carbocycles. The molecule has 0 aliphatic rings. The first-order valence-electron chi connectivity index (χ1n) is 7.36. The normalized spacial score (nSPS) is 12.0. The van der Waals surface area contributed by atoms with Crippen LogP contribution in [-0.2, 0) is 9.53 Å². The number of carbonyl (C=O) groups excluding carboxylic acids is 1. The first kappa shape index (κ1) is 18.2. The molecule has 5 heteroatoms. The lowest BCUT2D eigenvalue weighted by Gasteiger charge is -2.11. The lowest BCUT2D eigenvalue weighted by atomic mass is 10.3. The van der Waals surface area contributed by atoms with E-state index in [1.807, 2.05) is 31.2 Å². The number of ether oxygens (including phenoxy) is 2. The number of anilines is 1. The summed E-state index contributed by atoms with van der Waals surface area (Å²) in [5.74, 6) is 0.801. The first-order valence-corrected chi connectivity index (χ1v) is 8.88. The molecule has 0 spiro atoms. The third kappa shape index (κ3) is 8.26. The van der Waals surface area contributed by atoms with Gasteiger partial charge in [0.2, 0.25) is 5.91 Å². The van der Waals surface area contributed by atoms with Crippen molar-refractivity contribution in [1.82, 2.24) is 0 Å². The van der Waals surface area contributed by atoms with Crippen molar-refractivity contribution in [1.29, 1.82) is 0 Å². The van der Waals surface area contributed by atoms with Gasteiger partial charge < -0.3 is 14.8 Å². The second kappa shape index (κ2) is 10.8. The molecule has 1 rings (SSSR count). The van der Waals surface area contributed by atoms with Crippen LogP contribution in [0, 0.1) is 0 Å². The average molecular weight is 405 g/mol. The summed E-state index contributed by atoms with van der Waals surface area (Å²) in [6, 6.07) is 7.45. The number of rotatable bonds is 10. The molecule has 4 nitrogen and oxygen atoms in total. The summed E-state index contributed by atoms with van der Waals surface area (Å²) >= 11 is 2.33. The Morgan fingerprint density at radius 2 is 2.00 bits per heavy atom. The predicted octanol–water partition coefficient (Wildman–Crippen LogP) is 4.03. The topological polar surface area (TPSA) is 47.6 Å². The quantitative estimate of drug-likeness (QED) is 0.363. The highest BCUT2D eigenvalue weighted by Gasteiger charge is 2.04. The number of carbonyl (C=O) groups is 1. The van der Waals surface area contributed by atoms with Gasteiger partial charge in [0.25, 0.3) is 0 Å². The van der Waals surface area contributed by atoms with E-state index in [0.29, 0.717) is 13.0 Å². The molecule has 1 atom stereocenters. The summed E-state index contributed by atoms with van der Waals surface area (Å²) in [5, 5.41) is 2.85. The van der Waals surface area contributed by atoms with Crippen LogP contribution < -0.4 is 10.1 Å². The number of nitrogens with one attached hydrogen (secondary N) is 1. The average Bonchev–Trinajstić information content (AvgIpc) is 2.49. The monoisotopic (exact) mass is 405 g/mol. The van der Waals surface area contributed by atoms with Crippen LogP contribution in [0.4, 0.5) is 5.69 Å². The number of hydrogen-bond donors (Lipinski definition) is 1. The highest BCUT2D eigenvalue weighted by atomic mass is 127. The zero-order valence-corrected chi connectivity index (χ0v) is 14.9. The predicted molar refractivity (Wildman–Crippen MR) is 94.4 cm³/mol. The molecule has 1 amide bonds. The summed E-state index contributed by atoms with van der Waals surface area (Å²) in [5.41, 5.74) is 0.782. The highest BCUT2D eigenvalue weighted by Crippen LogP contribution is 2.16. The third-order valence-corrected chi connectivity index (χ3v) is 3.75. The molecule has 0 aliphatic heterocycles. The zero-order valence-electron chi connectivity index (χ0n) is 12.7. The molecule has 0 radical (unpaired) electrons. The molecule has 0 bridgehead atoms. The minimum absolute atomic E-state index is 0.0307. The summed E-state index contributed by atoms with van der Waals surface area (Å²) in [6.07, 6.45) is 2.57. The van der Waals surface area contributed by atoms with E-state index >= 15 is 0 Å². The van der Waals surface area contributed by atoms with Crippen LogP contribution in [0.3, 0.4) is 0 Å². The van der Waals surface area contributed by atoms with Crippen molar-refractivity contribution in [2.45, 2.75) is 39.2 Å². The fourth-order valence-electron chi connectivity index (χ4n) is 1.57. The minimum Gasteiger partial charge on any atom is -0.494 e. The molecule has 0 saturated heterocycles. The maximum atomic E-state index is 11.8. The molecule has 1 aromatic rings. The molecule has 1 aromatic carbocycles. The maximum Gasteiger partial charge on any atom is 0.226 e. The molecule has 21 heavy (non-hydrogen) atoms. The standard InChI is InChI=1S/C16H24INO3/c1-3-13(2)20-12-9-16(19)18-14-5-7-15(8-6-14)21-11-4-10-17/h5-8,13H,3-4,9-12H2,1-2H3,(H,18,19). The molecule has 0 fully saturated rings. The number of halogens is 1. The van der Waals surface area contributed by atoms with Gasteiger partial charge in [-0.3, -0.25) is 4.79 Å². The maximum absolute atomic E-state index is 11.8. The van der Waals surface area contributed by atoms with Crippen LogP contribution in [-0.4, -0.2) is 29.7 Å². The SMILES string of the molecule is CCC(C)OCCC(=O)Nc1ccc(OCCCI)cc1. The van der Waals surface area contributed by atoms with Gasteiger partial charge in [-0.2, -0.15) is 0 Å². The minimum atomic E-state index is -0.0307. The van der Waals surface area contributed by atoms with Crippen LogP contribution in [0.5, 0.6) is 5.75 Å². The summed E-state index contributed by atoms with van der Waals surface area (Å²) in [7, 11) is 0. The van der Waals surface area contributed by atoms with Gasteiger partial charge in [0.1, 0.15) is 5.75 Å². The van der Waals surface area contributed by atoms with Crippen LogP contribution >= 0.6 is 22.6 Å². The summed E-state index contributed by atoms with van der Waals surface area (Å²) in [6.45, 7) is 5.25. The van der Waals surface area contributed by atoms with Gasteiger partial charge in [-0.15, -0.1) is 0 Å². The van der Waals surface area contributed by atoms with Crippen LogP contribution in [0.2, 0.25) is 0 Å². The molecular weight excluding hydrogens is 381 g/mol. The second-order valence-electron chi connectivity index (χ2n) is 4.80. The van der Waals surface area contributed by atoms with E-state index in [-0.39, 0.29) is 12.0 Å². The van der Waals surface area contributed by atoms with Gasteiger partial charge in [-0.25, -0.2) is 0 Å². The van der Waals surface area contributed by atoms with Crippen molar-refractivity contribution in [2.75, 3.05) is 23.0 Å². The highest BCUT2D eigenvalue weighted by molar-refractivity contribution is 14.1. The molecule has 1 unspecified atom stereocenters. The van der Waals surface area contributed by atoms with Crippen LogP contribution in [0.25, 0.3) is 0 Å². The second-order valence-corrected chi connectivity index (χ2v) is 5.88. The third-order valence-electron chi connectivity index (χ3n) is 2.99. The van der Waals surface area contributed by atoms with Crippen molar-refractivity contribution >= 4 is 34.2 Å². The Morgan fingerprint density at radius 1 is 1.29 bits per heavy atom.